The van der Waals surface area contributed by atoms with E-state index in [2.05, 4.69) is 24.4 Å². The Kier molecular flexibility index (Phi) is 6.26. The topological polar surface area (TPSA) is 12.0 Å². The summed E-state index contributed by atoms with van der Waals surface area (Å²) in [4.78, 5) is 0. The average Bonchev–Trinajstić information content (AvgIpc) is 2.64. The molecule has 2 rings (SSSR count). The minimum absolute atomic E-state index is 0.817. The molecule has 18 heavy (non-hydrogen) atoms. The summed E-state index contributed by atoms with van der Waals surface area (Å²) in [6, 6.07) is 0.817. The minimum Gasteiger partial charge on any atom is -0.314 e. The third-order valence-electron chi connectivity index (χ3n) is 4.86. The van der Waals surface area contributed by atoms with E-state index in [1.165, 1.54) is 70.8 Å². The molecule has 0 amide bonds. The quantitative estimate of drug-likeness (QED) is 0.551. The van der Waals surface area contributed by atoms with E-state index >= 15 is 0 Å². The molecule has 1 saturated carbocycles. The molecule has 1 heteroatoms. The van der Waals surface area contributed by atoms with Crippen LogP contribution in [-0.2, 0) is 0 Å². The molecule has 1 nitrogen and oxygen atoms in total. The molecule has 104 valence electrons. The van der Waals surface area contributed by atoms with Crippen LogP contribution < -0.4 is 5.32 Å². The highest BCUT2D eigenvalue weighted by Crippen LogP contribution is 2.27. The summed E-state index contributed by atoms with van der Waals surface area (Å²) >= 11 is 0. The molecule has 0 aromatic carbocycles. The van der Waals surface area contributed by atoms with Gasteiger partial charge in [0.1, 0.15) is 0 Å². The summed E-state index contributed by atoms with van der Waals surface area (Å²) in [7, 11) is 0. The van der Waals surface area contributed by atoms with Crippen molar-refractivity contribution in [3.63, 3.8) is 0 Å². The van der Waals surface area contributed by atoms with Crippen LogP contribution in [0.1, 0.15) is 71.1 Å². The van der Waals surface area contributed by atoms with Crippen LogP contribution in [-0.4, -0.2) is 12.6 Å². The molecule has 1 N–H and O–H groups in total. The smallest absolute Gasteiger partial charge is 0.00672 e. The lowest BCUT2D eigenvalue weighted by Crippen LogP contribution is -2.33. The van der Waals surface area contributed by atoms with Gasteiger partial charge in [-0.05, 0) is 56.9 Å². The highest BCUT2D eigenvalue weighted by molar-refractivity contribution is 4.91. The van der Waals surface area contributed by atoms with Crippen molar-refractivity contribution < 1.29 is 0 Å². The third-order valence-corrected chi connectivity index (χ3v) is 4.86. The van der Waals surface area contributed by atoms with Gasteiger partial charge in [-0.15, -0.1) is 0 Å². The van der Waals surface area contributed by atoms with Crippen LogP contribution in [0.25, 0.3) is 0 Å². The van der Waals surface area contributed by atoms with Gasteiger partial charge in [0.2, 0.25) is 0 Å². The Bertz CT molecular complexity index is 246. The molecule has 0 heterocycles. The Morgan fingerprint density at radius 1 is 1.00 bits per heavy atom. The highest BCUT2D eigenvalue weighted by Gasteiger charge is 2.19. The molecule has 0 radical (unpaired) electrons. The Labute approximate surface area is 113 Å². The first-order chi connectivity index (χ1) is 8.88. The van der Waals surface area contributed by atoms with Crippen molar-refractivity contribution in [3.05, 3.63) is 12.2 Å². The van der Waals surface area contributed by atoms with Gasteiger partial charge in [0, 0.05) is 6.04 Å². The van der Waals surface area contributed by atoms with E-state index < -0.39 is 0 Å². The summed E-state index contributed by atoms with van der Waals surface area (Å²) in [6.07, 6.45) is 18.8. The fourth-order valence-electron chi connectivity index (χ4n) is 3.65. The van der Waals surface area contributed by atoms with Crippen molar-refractivity contribution in [2.24, 2.45) is 11.8 Å². The Morgan fingerprint density at radius 3 is 2.72 bits per heavy atom. The predicted octanol–water partition coefficient (Wildman–Crippen LogP) is 4.68. The fraction of sp³-hybridized carbons (Fsp3) is 0.882. The Morgan fingerprint density at radius 2 is 1.94 bits per heavy atom. The van der Waals surface area contributed by atoms with E-state index in [1.54, 1.807) is 0 Å². The van der Waals surface area contributed by atoms with Crippen LogP contribution in [0.3, 0.4) is 0 Å². The summed E-state index contributed by atoms with van der Waals surface area (Å²) in [5, 5.41) is 3.86. The van der Waals surface area contributed by atoms with Gasteiger partial charge in [-0.3, -0.25) is 0 Å². The maximum Gasteiger partial charge on any atom is 0.00672 e. The van der Waals surface area contributed by atoms with E-state index in [9.17, 15) is 0 Å². The van der Waals surface area contributed by atoms with Crippen molar-refractivity contribution >= 4 is 0 Å². The average molecular weight is 249 g/mol. The lowest BCUT2D eigenvalue weighted by atomic mass is 9.93. The van der Waals surface area contributed by atoms with Crippen molar-refractivity contribution in [1.82, 2.24) is 5.32 Å². The zero-order valence-electron chi connectivity index (χ0n) is 12.2. The second-order valence-corrected chi connectivity index (χ2v) is 6.42. The Hall–Kier alpha value is -0.300. The molecule has 3 atom stereocenters. The number of hydrogen-bond donors (Lipinski definition) is 1. The maximum atomic E-state index is 3.86. The zero-order valence-corrected chi connectivity index (χ0v) is 12.2. The van der Waals surface area contributed by atoms with E-state index in [0.717, 1.165) is 17.9 Å². The highest BCUT2D eigenvalue weighted by atomic mass is 14.9. The molecular formula is C17H31N. The minimum atomic E-state index is 0.817. The van der Waals surface area contributed by atoms with Crippen molar-refractivity contribution in [1.29, 1.82) is 0 Å². The fourth-order valence-corrected chi connectivity index (χ4v) is 3.65. The van der Waals surface area contributed by atoms with Gasteiger partial charge in [-0.25, -0.2) is 0 Å². The number of nitrogens with one attached hydrogen (secondary N) is 1. The number of allylic oxidation sites excluding steroid dienone is 2. The molecule has 0 aromatic rings. The molecule has 2 aliphatic carbocycles. The van der Waals surface area contributed by atoms with Crippen molar-refractivity contribution in [2.75, 3.05) is 6.54 Å². The van der Waals surface area contributed by atoms with Crippen LogP contribution in [0, 0.1) is 11.8 Å². The first-order valence-electron chi connectivity index (χ1n) is 8.27. The summed E-state index contributed by atoms with van der Waals surface area (Å²) in [6.45, 7) is 3.59. The molecule has 0 spiro atoms. The van der Waals surface area contributed by atoms with Gasteiger partial charge < -0.3 is 5.32 Å². The molecule has 1 fully saturated rings. The Balaban J connectivity index is 1.65. The molecule has 3 unspecified atom stereocenters. The largest absolute Gasteiger partial charge is 0.314 e. The van der Waals surface area contributed by atoms with Gasteiger partial charge in [0.15, 0.2) is 0 Å². The molecule has 0 aliphatic heterocycles. The van der Waals surface area contributed by atoms with Crippen molar-refractivity contribution in [3.8, 4) is 0 Å². The van der Waals surface area contributed by atoms with Gasteiger partial charge >= 0.3 is 0 Å². The molecule has 0 bridgehead atoms. The van der Waals surface area contributed by atoms with E-state index in [1.807, 2.05) is 0 Å². The van der Waals surface area contributed by atoms with Crippen LogP contribution in [0.4, 0.5) is 0 Å². The second kappa shape index (κ2) is 7.99. The maximum absolute atomic E-state index is 3.86. The first kappa shape index (κ1) is 14.1. The lowest BCUT2D eigenvalue weighted by Gasteiger charge is -2.23. The van der Waals surface area contributed by atoms with Gasteiger partial charge in [-0.1, -0.05) is 44.8 Å². The normalized spacial score (nSPS) is 33.3. The first-order valence-corrected chi connectivity index (χ1v) is 8.27. The van der Waals surface area contributed by atoms with E-state index in [-0.39, 0.29) is 0 Å². The predicted molar refractivity (Wildman–Crippen MR) is 79.8 cm³/mol. The van der Waals surface area contributed by atoms with Crippen molar-refractivity contribution in [2.45, 2.75) is 77.2 Å². The summed E-state index contributed by atoms with van der Waals surface area (Å²) < 4.78 is 0. The SMILES string of the molecule is CCCC1CCCC(NCC2CC=CCC2)CC1. The van der Waals surface area contributed by atoms with Crippen LogP contribution >= 0.6 is 0 Å². The van der Waals surface area contributed by atoms with Crippen LogP contribution in [0.15, 0.2) is 12.2 Å². The van der Waals surface area contributed by atoms with Gasteiger partial charge in [0.25, 0.3) is 0 Å². The second-order valence-electron chi connectivity index (χ2n) is 6.42. The summed E-state index contributed by atoms with van der Waals surface area (Å²) in [5.74, 6) is 1.93. The van der Waals surface area contributed by atoms with Crippen LogP contribution in [0.2, 0.25) is 0 Å². The number of hydrogen-bond acceptors (Lipinski definition) is 1. The molecule has 0 aromatic heterocycles. The molecule has 2 aliphatic rings. The zero-order chi connectivity index (χ0) is 12.6. The van der Waals surface area contributed by atoms with E-state index in [0.29, 0.717) is 0 Å². The summed E-state index contributed by atoms with van der Waals surface area (Å²) in [5.41, 5.74) is 0. The number of rotatable bonds is 5. The molecular weight excluding hydrogens is 218 g/mol. The van der Waals surface area contributed by atoms with E-state index in [4.69, 9.17) is 0 Å². The lowest BCUT2D eigenvalue weighted by molar-refractivity contribution is 0.373. The molecule has 0 saturated heterocycles. The van der Waals surface area contributed by atoms with Gasteiger partial charge in [0.05, 0.1) is 0 Å². The third kappa shape index (κ3) is 4.76. The van der Waals surface area contributed by atoms with Crippen LogP contribution in [0.5, 0.6) is 0 Å². The standard InChI is InChI=1S/C17H31N/c1-2-7-15-10-6-11-17(13-12-15)18-14-16-8-4-3-5-9-16/h3-4,15-18H,2,5-14H2,1H3. The monoisotopic (exact) mass is 249 g/mol. The van der Waals surface area contributed by atoms with Gasteiger partial charge in [-0.2, -0.15) is 0 Å².